The zero-order chi connectivity index (χ0) is 16.2. The summed E-state index contributed by atoms with van der Waals surface area (Å²) in [4.78, 5) is 11.2. The van der Waals surface area contributed by atoms with Gasteiger partial charge in [0.25, 0.3) is 10.0 Å². The molecule has 114 valence electrons. The standard InChI is InChI=1S/C16H15NO4S/c1-3-16(18)21-14-8-6-13(7-9-14)17-22(19,20)15-10-4-12(2)5-11-15/h3-11,17H,1H2,2H3. The molecule has 0 fully saturated rings. The van der Waals surface area contributed by atoms with Crippen molar-refractivity contribution in [1.29, 1.82) is 0 Å². The molecule has 1 N–H and O–H groups in total. The van der Waals surface area contributed by atoms with Crippen molar-refractivity contribution < 1.29 is 17.9 Å². The lowest BCUT2D eigenvalue weighted by Gasteiger charge is -2.09. The van der Waals surface area contributed by atoms with Crippen LogP contribution in [0.15, 0.2) is 66.1 Å². The molecule has 0 amide bonds. The molecule has 5 nitrogen and oxygen atoms in total. The molecule has 0 heterocycles. The number of anilines is 1. The Morgan fingerprint density at radius 1 is 1.09 bits per heavy atom. The van der Waals surface area contributed by atoms with Crippen molar-refractivity contribution in [3.8, 4) is 5.75 Å². The highest BCUT2D eigenvalue weighted by molar-refractivity contribution is 7.92. The van der Waals surface area contributed by atoms with Crippen LogP contribution in [0.2, 0.25) is 0 Å². The van der Waals surface area contributed by atoms with Gasteiger partial charge in [-0.15, -0.1) is 0 Å². The molecule has 0 aliphatic rings. The lowest BCUT2D eigenvalue weighted by Crippen LogP contribution is -2.12. The van der Waals surface area contributed by atoms with E-state index in [9.17, 15) is 13.2 Å². The molecule has 0 bridgehead atoms. The number of ether oxygens (including phenoxy) is 1. The topological polar surface area (TPSA) is 72.5 Å². The summed E-state index contributed by atoms with van der Waals surface area (Å²) in [5.74, 6) is -0.267. The maximum absolute atomic E-state index is 12.2. The second-order valence-corrected chi connectivity index (χ2v) is 6.25. The van der Waals surface area contributed by atoms with Gasteiger partial charge in [0.2, 0.25) is 0 Å². The van der Waals surface area contributed by atoms with E-state index < -0.39 is 16.0 Å². The summed E-state index contributed by atoms with van der Waals surface area (Å²) in [6.07, 6.45) is 1.05. The van der Waals surface area contributed by atoms with Crippen molar-refractivity contribution in [2.24, 2.45) is 0 Å². The molecule has 2 aromatic rings. The smallest absolute Gasteiger partial charge is 0.335 e. The number of carbonyl (C=O) groups is 1. The summed E-state index contributed by atoms with van der Waals surface area (Å²) in [6.45, 7) is 5.18. The molecule has 0 atom stereocenters. The van der Waals surface area contributed by atoms with Crippen LogP contribution >= 0.6 is 0 Å². The number of nitrogens with one attached hydrogen (secondary N) is 1. The minimum atomic E-state index is -3.64. The van der Waals surface area contributed by atoms with E-state index in [1.807, 2.05) is 6.92 Å². The number of benzene rings is 2. The van der Waals surface area contributed by atoms with Gasteiger partial charge < -0.3 is 4.74 Å². The minimum absolute atomic E-state index is 0.181. The molecular weight excluding hydrogens is 302 g/mol. The Kier molecular flexibility index (Phi) is 4.62. The molecule has 0 radical (unpaired) electrons. The first kappa shape index (κ1) is 15.8. The highest BCUT2D eigenvalue weighted by atomic mass is 32.2. The summed E-state index contributed by atoms with van der Waals surface area (Å²) in [6, 6.07) is 12.5. The lowest BCUT2D eigenvalue weighted by atomic mass is 10.2. The van der Waals surface area contributed by atoms with E-state index in [0.29, 0.717) is 11.4 Å². The van der Waals surface area contributed by atoms with Gasteiger partial charge in [-0.1, -0.05) is 24.3 Å². The van der Waals surface area contributed by atoms with Gasteiger partial charge in [-0.05, 0) is 43.3 Å². The Morgan fingerprint density at radius 3 is 2.23 bits per heavy atom. The Labute approximate surface area is 129 Å². The van der Waals surface area contributed by atoms with Crippen molar-refractivity contribution in [3.05, 3.63) is 66.7 Å². The Morgan fingerprint density at radius 2 is 1.68 bits per heavy atom. The summed E-state index contributed by atoms with van der Waals surface area (Å²) >= 11 is 0. The van der Waals surface area contributed by atoms with Crippen molar-refractivity contribution in [1.82, 2.24) is 0 Å². The first-order valence-electron chi connectivity index (χ1n) is 6.44. The van der Waals surface area contributed by atoms with Crippen LogP contribution in [0.1, 0.15) is 5.56 Å². The van der Waals surface area contributed by atoms with Crippen molar-refractivity contribution >= 4 is 21.7 Å². The van der Waals surface area contributed by atoms with Gasteiger partial charge in [-0.3, -0.25) is 4.72 Å². The Balaban J connectivity index is 2.14. The van der Waals surface area contributed by atoms with Gasteiger partial charge in [0.05, 0.1) is 4.90 Å². The maximum atomic E-state index is 12.2. The van der Waals surface area contributed by atoms with Crippen LogP contribution < -0.4 is 9.46 Å². The maximum Gasteiger partial charge on any atom is 0.335 e. The summed E-state index contributed by atoms with van der Waals surface area (Å²) in [7, 11) is -3.64. The highest BCUT2D eigenvalue weighted by Crippen LogP contribution is 2.20. The minimum Gasteiger partial charge on any atom is -0.423 e. The number of hydrogen-bond acceptors (Lipinski definition) is 4. The van der Waals surface area contributed by atoms with E-state index in [2.05, 4.69) is 11.3 Å². The molecule has 0 aromatic heterocycles. The molecule has 6 heteroatoms. The van der Waals surface area contributed by atoms with Crippen molar-refractivity contribution in [2.75, 3.05) is 4.72 Å². The number of sulfonamides is 1. The molecule has 0 aliphatic heterocycles. The molecule has 0 saturated carbocycles. The normalized spacial score (nSPS) is 10.8. The first-order chi connectivity index (χ1) is 10.4. The Hall–Kier alpha value is -2.60. The monoisotopic (exact) mass is 317 g/mol. The van der Waals surface area contributed by atoms with Gasteiger partial charge in [0.1, 0.15) is 5.75 Å². The third-order valence-corrected chi connectivity index (χ3v) is 4.22. The molecule has 2 aromatic carbocycles. The molecule has 0 spiro atoms. The fourth-order valence-electron chi connectivity index (χ4n) is 1.68. The van der Waals surface area contributed by atoms with E-state index in [-0.39, 0.29) is 4.90 Å². The van der Waals surface area contributed by atoms with Gasteiger partial charge in [0, 0.05) is 11.8 Å². The van der Waals surface area contributed by atoms with Gasteiger partial charge >= 0.3 is 5.97 Å². The first-order valence-corrected chi connectivity index (χ1v) is 7.93. The second kappa shape index (κ2) is 6.44. The number of esters is 1. The SMILES string of the molecule is C=CC(=O)Oc1ccc(NS(=O)(=O)c2ccc(C)cc2)cc1. The summed E-state index contributed by atoms with van der Waals surface area (Å²) < 4.78 is 31.8. The predicted molar refractivity (Wildman–Crippen MR) is 84.3 cm³/mol. The van der Waals surface area contributed by atoms with Gasteiger partial charge in [-0.25, -0.2) is 13.2 Å². The van der Waals surface area contributed by atoms with Crippen LogP contribution in [0, 0.1) is 6.92 Å². The summed E-state index contributed by atoms with van der Waals surface area (Å²) in [5, 5.41) is 0. The molecule has 22 heavy (non-hydrogen) atoms. The van der Waals surface area contributed by atoms with Gasteiger partial charge in [-0.2, -0.15) is 0 Å². The second-order valence-electron chi connectivity index (χ2n) is 4.57. The third-order valence-electron chi connectivity index (χ3n) is 2.82. The lowest BCUT2D eigenvalue weighted by molar-refractivity contribution is -0.128. The largest absolute Gasteiger partial charge is 0.423 e. The van der Waals surface area contributed by atoms with E-state index in [0.717, 1.165) is 11.6 Å². The van der Waals surface area contributed by atoms with Crippen LogP contribution in [0.5, 0.6) is 5.75 Å². The third kappa shape index (κ3) is 3.95. The Bertz CT molecular complexity index is 778. The summed E-state index contributed by atoms with van der Waals surface area (Å²) in [5.41, 5.74) is 1.35. The highest BCUT2D eigenvalue weighted by Gasteiger charge is 2.13. The molecule has 2 rings (SSSR count). The van der Waals surface area contributed by atoms with E-state index in [1.54, 1.807) is 12.1 Å². The van der Waals surface area contributed by atoms with Crippen LogP contribution in [0.3, 0.4) is 0 Å². The number of hydrogen-bond donors (Lipinski definition) is 1. The molecular formula is C16H15NO4S. The number of aryl methyl sites for hydroxylation is 1. The van der Waals surface area contributed by atoms with E-state index in [1.165, 1.54) is 36.4 Å². The van der Waals surface area contributed by atoms with E-state index in [4.69, 9.17) is 4.74 Å². The van der Waals surface area contributed by atoms with E-state index >= 15 is 0 Å². The van der Waals surface area contributed by atoms with Gasteiger partial charge in [0.15, 0.2) is 0 Å². The van der Waals surface area contributed by atoms with Crippen LogP contribution in [0.4, 0.5) is 5.69 Å². The van der Waals surface area contributed by atoms with Crippen LogP contribution in [-0.2, 0) is 14.8 Å². The average Bonchev–Trinajstić information content (AvgIpc) is 2.49. The van der Waals surface area contributed by atoms with Crippen LogP contribution in [-0.4, -0.2) is 14.4 Å². The van der Waals surface area contributed by atoms with Crippen molar-refractivity contribution in [3.63, 3.8) is 0 Å². The molecule has 0 saturated heterocycles. The average molecular weight is 317 g/mol. The zero-order valence-corrected chi connectivity index (χ0v) is 12.8. The predicted octanol–water partition coefficient (Wildman–Crippen LogP) is 2.89. The molecule has 0 unspecified atom stereocenters. The van der Waals surface area contributed by atoms with Crippen molar-refractivity contribution in [2.45, 2.75) is 11.8 Å². The fourth-order valence-corrected chi connectivity index (χ4v) is 2.74. The molecule has 0 aliphatic carbocycles. The fraction of sp³-hybridized carbons (Fsp3) is 0.0625. The zero-order valence-electron chi connectivity index (χ0n) is 11.9. The number of rotatable bonds is 5. The number of carbonyl (C=O) groups excluding carboxylic acids is 1. The van der Waals surface area contributed by atoms with Crippen LogP contribution in [0.25, 0.3) is 0 Å². The quantitative estimate of drug-likeness (QED) is 0.523.